The predicted octanol–water partition coefficient (Wildman–Crippen LogP) is 3.55. The Kier molecular flexibility index (Phi) is 5.67. The fraction of sp³-hybridized carbons (Fsp3) is 0.409. The van der Waals surface area contributed by atoms with Gasteiger partial charge in [-0.25, -0.2) is 0 Å². The van der Waals surface area contributed by atoms with Gasteiger partial charge in [0.25, 0.3) is 0 Å². The van der Waals surface area contributed by atoms with Gasteiger partial charge in [-0.15, -0.1) is 0 Å². The summed E-state index contributed by atoms with van der Waals surface area (Å²) in [5.41, 5.74) is 10.5. The monoisotopic (exact) mass is 336 g/mol. The third kappa shape index (κ3) is 3.83. The number of likely N-dealkylation sites (tertiary alicyclic amines) is 1. The van der Waals surface area contributed by atoms with Crippen molar-refractivity contribution in [1.82, 2.24) is 4.90 Å². The molecule has 0 amide bonds. The van der Waals surface area contributed by atoms with Crippen molar-refractivity contribution in [3.63, 3.8) is 0 Å². The SMILES string of the molecule is Cc1cccc([C@H]2CCN(CCN)C[C@H]2C(=O)c2ccccc2)c1C. The van der Waals surface area contributed by atoms with Crippen LogP contribution in [0.15, 0.2) is 48.5 Å². The summed E-state index contributed by atoms with van der Waals surface area (Å²) in [6, 6.07) is 16.2. The Labute approximate surface area is 150 Å². The molecule has 3 nitrogen and oxygen atoms in total. The van der Waals surface area contributed by atoms with Crippen LogP contribution in [0.25, 0.3) is 0 Å². The zero-order chi connectivity index (χ0) is 17.8. The summed E-state index contributed by atoms with van der Waals surface area (Å²) >= 11 is 0. The third-order valence-electron chi connectivity index (χ3n) is 5.58. The van der Waals surface area contributed by atoms with Crippen LogP contribution in [0.4, 0.5) is 0 Å². The highest BCUT2D eigenvalue weighted by Gasteiger charge is 2.36. The summed E-state index contributed by atoms with van der Waals surface area (Å²) in [6.07, 6.45) is 1.01. The van der Waals surface area contributed by atoms with Gasteiger partial charge in [0.1, 0.15) is 0 Å². The number of Topliss-reactive ketones (excluding diaryl/α,β-unsaturated/α-hetero) is 1. The minimum atomic E-state index is -0.0109. The molecule has 0 unspecified atom stereocenters. The molecule has 1 heterocycles. The Hall–Kier alpha value is -1.97. The van der Waals surface area contributed by atoms with E-state index in [1.165, 1.54) is 16.7 Å². The summed E-state index contributed by atoms with van der Waals surface area (Å²) in [5.74, 6) is 0.526. The lowest BCUT2D eigenvalue weighted by Gasteiger charge is -2.38. The van der Waals surface area contributed by atoms with Gasteiger partial charge in [-0.1, -0.05) is 48.5 Å². The van der Waals surface area contributed by atoms with Crippen LogP contribution in [-0.4, -0.2) is 36.9 Å². The van der Waals surface area contributed by atoms with Gasteiger partial charge in [0.05, 0.1) is 0 Å². The van der Waals surface area contributed by atoms with Crippen LogP contribution < -0.4 is 5.73 Å². The van der Waals surface area contributed by atoms with Gasteiger partial charge in [-0.2, -0.15) is 0 Å². The number of piperidine rings is 1. The van der Waals surface area contributed by atoms with E-state index < -0.39 is 0 Å². The van der Waals surface area contributed by atoms with Crippen LogP contribution in [-0.2, 0) is 0 Å². The van der Waals surface area contributed by atoms with E-state index in [2.05, 4.69) is 36.9 Å². The van der Waals surface area contributed by atoms with E-state index in [1.807, 2.05) is 30.3 Å². The van der Waals surface area contributed by atoms with Gasteiger partial charge in [0.15, 0.2) is 5.78 Å². The van der Waals surface area contributed by atoms with E-state index in [1.54, 1.807) is 0 Å². The number of aryl methyl sites for hydroxylation is 1. The van der Waals surface area contributed by atoms with Crippen LogP contribution in [0.3, 0.4) is 0 Å². The first-order chi connectivity index (χ1) is 12.1. The number of benzene rings is 2. The molecule has 2 aromatic carbocycles. The van der Waals surface area contributed by atoms with Crippen molar-refractivity contribution in [2.24, 2.45) is 11.7 Å². The fourth-order valence-electron chi connectivity index (χ4n) is 4.04. The van der Waals surface area contributed by atoms with Gasteiger partial charge in [-0.3, -0.25) is 4.79 Å². The molecule has 1 aliphatic heterocycles. The number of rotatable bonds is 5. The van der Waals surface area contributed by atoms with Gasteiger partial charge >= 0.3 is 0 Å². The molecule has 0 bridgehead atoms. The Morgan fingerprint density at radius 1 is 1.12 bits per heavy atom. The third-order valence-corrected chi connectivity index (χ3v) is 5.58. The summed E-state index contributed by atoms with van der Waals surface area (Å²) in [6.45, 7) is 7.63. The number of carbonyl (C=O) groups excluding carboxylic acids is 1. The molecule has 1 aliphatic rings. The molecule has 0 saturated carbocycles. The van der Waals surface area contributed by atoms with Crippen molar-refractivity contribution in [2.45, 2.75) is 26.2 Å². The van der Waals surface area contributed by atoms with E-state index in [-0.39, 0.29) is 17.6 Å². The molecule has 3 heteroatoms. The van der Waals surface area contributed by atoms with Gasteiger partial charge in [0, 0.05) is 31.1 Å². The zero-order valence-electron chi connectivity index (χ0n) is 15.2. The Morgan fingerprint density at radius 3 is 2.60 bits per heavy atom. The first-order valence-corrected chi connectivity index (χ1v) is 9.19. The van der Waals surface area contributed by atoms with Crippen molar-refractivity contribution in [2.75, 3.05) is 26.2 Å². The molecule has 0 aliphatic carbocycles. The van der Waals surface area contributed by atoms with E-state index in [9.17, 15) is 4.79 Å². The lowest BCUT2D eigenvalue weighted by atomic mass is 9.75. The molecule has 0 aromatic heterocycles. The predicted molar refractivity (Wildman–Crippen MR) is 103 cm³/mol. The highest BCUT2D eigenvalue weighted by atomic mass is 16.1. The maximum absolute atomic E-state index is 13.3. The summed E-state index contributed by atoms with van der Waals surface area (Å²) in [5, 5.41) is 0. The van der Waals surface area contributed by atoms with E-state index in [0.717, 1.165) is 31.6 Å². The highest BCUT2D eigenvalue weighted by Crippen LogP contribution is 2.37. The molecule has 2 aromatic rings. The van der Waals surface area contributed by atoms with Crippen molar-refractivity contribution < 1.29 is 4.79 Å². The molecule has 2 N–H and O–H groups in total. The average molecular weight is 336 g/mol. The molecule has 0 radical (unpaired) electrons. The molecule has 1 fully saturated rings. The second-order valence-electron chi connectivity index (χ2n) is 7.11. The van der Waals surface area contributed by atoms with Gasteiger partial charge in [0.2, 0.25) is 0 Å². The minimum absolute atomic E-state index is 0.0109. The molecule has 2 atom stereocenters. The normalized spacial score (nSPS) is 21.2. The van der Waals surface area contributed by atoms with Crippen LogP contribution in [0.5, 0.6) is 0 Å². The number of hydrogen-bond acceptors (Lipinski definition) is 3. The lowest BCUT2D eigenvalue weighted by molar-refractivity contribution is 0.0783. The minimum Gasteiger partial charge on any atom is -0.329 e. The number of hydrogen-bond donors (Lipinski definition) is 1. The van der Waals surface area contributed by atoms with Crippen LogP contribution in [0, 0.1) is 19.8 Å². The second-order valence-corrected chi connectivity index (χ2v) is 7.11. The molecule has 1 saturated heterocycles. The van der Waals surface area contributed by atoms with Crippen LogP contribution in [0.2, 0.25) is 0 Å². The van der Waals surface area contributed by atoms with Crippen molar-refractivity contribution in [1.29, 1.82) is 0 Å². The van der Waals surface area contributed by atoms with E-state index in [0.29, 0.717) is 6.54 Å². The van der Waals surface area contributed by atoms with Crippen molar-refractivity contribution >= 4 is 5.78 Å². The quantitative estimate of drug-likeness (QED) is 0.849. The Bertz CT molecular complexity index is 726. The molecule has 25 heavy (non-hydrogen) atoms. The van der Waals surface area contributed by atoms with Gasteiger partial charge < -0.3 is 10.6 Å². The zero-order valence-corrected chi connectivity index (χ0v) is 15.2. The fourth-order valence-corrected chi connectivity index (χ4v) is 4.04. The number of ketones is 1. The molecular weight excluding hydrogens is 308 g/mol. The summed E-state index contributed by atoms with van der Waals surface area (Å²) < 4.78 is 0. The molecule has 3 rings (SSSR count). The van der Waals surface area contributed by atoms with E-state index >= 15 is 0 Å². The van der Waals surface area contributed by atoms with Crippen LogP contribution >= 0.6 is 0 Å². The van der Waals surface area contributed by atoms with Crippen molar-refractivity contribution in [3.8, 4) is 0 Å². The molecule has 0 spiro atoms. The maximum atomic E-state index is 13.3. The average Bonchev–Trinajstić information content (AvgIpc) is 2.64. The maximum Gasteiger partial charge on any atom is 0.167 e. The first-order valence-electron chi connectivity index (χ1n) is 9.19. The van der Waals surface area contributed by atoms with Gasteiger partial charge in [-0.05, 0) is 49.4 Å². The first kappa shape index (κ1) is 17.8. The Morgan fingerprint density at radius 2 is 1.88 bits per heavy atom. The lowest BCUT2D eigenvalue weighted by Crippen LogP contribution is -2.44. The van der Waals surface area contributed by atoms with Crippen molar-refractivity contribution in [3.05, 3.63) is 70.8 Å². The van der Waals surface area contributed by atoms with E-state index in [4.69, 9.17) is 5.73 Å². The summed E-state index contributed by atoms with van der Waals surface area (Å²) in [7, 11) is 0. The Balaban J connectivity index is 1.95. The smallest absolute Gasteiger partial charge is 0.167 e. The molecule has 132 valence electrons. The van der Waals surface area contributed by atoms with Crippen LogP contribution in [0.1, 0.15) is 39.4 Å². The molecular formula is C22H28N2O. The highest BCUT2D eigenvalue weighted by molar-refractivity contribution is 5.98. The number of nitrogens with zero attached hydrogens (tertiary/aromatic N) is 1. The second kappa shape index (κ2) is 7.94. The number of nitrogens with two attached hydrogens (primary N) is 1. The topological polar surface area (TPSA) is 46.3 Å². The largest absolute Gasteiger partial charge is 0.329 e. The number of carbonyl (C=O) groups is 1. The standard InChI is InChI=1S/C22H28N2O/c1-16-7-6-10-19(17(16)2)20-11-13-24(14-12-23)15-21(20)22(25)18-8-4-3-5-9-18/h3-10,20-21H,11-15,23H2,1-2H3/t20-,21-/m1/s1. The summed E-state index contributed by atoms with van der Waals surface area (Å²) in [4.78, 5) is 15.6.